The fourth-order valence-corrected chi connectivity index (χ4v) is 3.76. The van der Waals surface area contributed by atoms with Crippen LogP contribution in [0, 0.1) is 5.82 Å². The predicted octanol–water partition coefficient (Wildman–Crippen LogP) is 1.27. The first-order valence-electron chi connectivity index (χ1n) is 9.92. The van der Waals surface area contributed by atoms with Crippen molar-refractivity contribution in [3.8, 4) is 11.4 Å². The molecule has 32 heavy (non-hydrogen) atoms. The molecule has 0 aliphatic carbocycles. The van der Waals surface area contributed by atoms with Crippen LogP contribution in [0.2, 0.25) is 0 Å². The summed E-state index contributed by atoms with van der Waals surface area (Å²) in [6, 6.07) is 24.3. The first-order chi connectivity index (χ1) is 15.3. The van der Waals surface area contributed by atoms with Gasteiger partial charge in [0.05, 0.1) is 5.69 Å². The van der Waals surface area contributed by atoms with Gasteiger partial charge in [-0.15, -0.1) is 5.10 Å². The zero-order valence-electron chi connectivity index (χ0n) is 17.2. The van der Waals surface area contributed by atoms with Gasteiger partial charge in [0.25, 0.3) is 0 Å². The van der Waals surface area contributed by atoms with E-state index < -0.39 is 0 Å². The van der Waals surface area contributed by atoms with Gasteiger partial charge in [-0.3, -0.25) is 0 Å². The van der Waals surface area contributed by atoms with Gasteiger partial charge in [0.2, 0.25) is 5.16 Å². The fraction of sp³-hybridized carbons (Fsp3) is 0.174. The van der Waals surface area contributed by atoms with Crippen LogP contribution in [0.4, 0.5) is 4.39 Å². The molecule has 9 heteroatoms. The number of hydrogen-bond acceptors (Lipinski definition) is 6. The Morgan fingerprint density at radius 2 is 1.78 bits per heavy atom. The van der Waals surface area contributed by atoms with E-state index >= 15 is 0 Å². The summed E-state index contributed by atoms with van der Waals surface area (Å²) >= 11 is 1.60. The van der Waals surface area contributed by atoms with Gasteiger partial charge < -0.3 is 22.5 Å². The monoisotopic (exact) mass is 470 g/mol. The molecule has 0 amide bonds. The Morgan fingerprint density at radius 1 is 0.969 bits per heavy atom. The molecule has 166 valence electrons. The van der Waals surface area contributed by atoms with E-state index in [4.69, 9.17) is 4.74 Å². The largest absolute Gasteiger partial charge is 1.00 e. The van der Waals surface area contributed by atoms with Crippen molar-refractivity contribution in [3.05, 3.63) is 95.8 Å². The van der Waals surface area contributed by atoms with Gasteiger partial charge in [-0.2, -0.15) is 4.68 Å². The number of para-hydroxylation sites is 1. The van der Waals surface area contributed by atoms with E-state index in [1.54, 1.807) is 34.6 Å². The number of ether oxygens (including phenoxy) is 1. The lowest BCUT2D eigenvalue weighted by molar-refractivity contribution is -0.00000735. The van der Waals surface area contributed by atoms with Gasteiger partial charge in [-0.25, -0.2) is 4.39 Å². The summed E-state index contributed by atoms with van der Waals surface area (Å²) in [5.41, 5.74) is 2.58. The Bertz CT molecular complexity index is 1110. The molecule has 1 N–H and O–H groups in total. The van der Waals surface area contributed by atoms with Crippen molar-refractivity contribution >= 4 is 11.8 Å². The maximum Gasteiger partial charge on any atom is 0.214 e. The lowest BCUT2D eigenvalue weighted by atomic mass is 10.2. The van der Waals surface area contributed by atoms with Crippen LogP contribution in [0.15, 0.2) is 84.0 Å². The molecule has 0 aliphatic rings. The third-order valence-electron chi connectivity index (χ3n) is 4.53. The minimum atomic E-state index is -0.254. The molecule has 0 saturated heterocycles. The van der Waals surface area contributed by atoms with Gasteiger partial charge in [0.1, 0.15) is 18.2 Å². The van der Waals surface area contributed by atoms with Gasteiger partial charge in [-0.05, 0) is 46.3 Å². The van der Waals surface area contributed by atoms with Gasteiger partial charge >= 0.3 is 0 Å². The number of nitrogens with zero attached hydrogens (tertiary/aromatic N) is 4. The minimum Gasteiger partial charge on any atom is -1.00 e. The first-order valence-corrected chi connectivity index (χ1v) is 10.9. The van der Waals surface area contributed by atoms with E-state index in [2.05, 4.69) is 20.8 Å². The van der Waals surface area contributed by atoms with E-state index in [1.807, 2.05) is 54.6 Å². The molecule has 0 bridgehead atoms. The van der Waals surface area contributed by atoms with E-state index in [0.717, 1.165) is 34.5 Å². The topological polar surface area (TPSA) is 64.9 Å². The van der Waals surface area contributed by atoms with Crippen LogP contribution in [0.1, 0.15) is 11.1 Å². The Labute approximate surface area is 196 Å². The molecule has 4 rings (SSSR count). The first kappa shape index (κ1) is 23.7. The highest BCUT2D eigenvalue weighted by Gasteiger charge is 2.08. The highest BCUT2D eigenvalue weighted by molar-refractivity contribution is 7.99. The van der Waals surface area contributed by atoms with Crippen molar-refractivity contribution < 1.29 is 21.5 Å². The van der Waals surface area contributed by atoms with Crippen LogP contribution in [0.5, 0.6) is 5.75 Å². The van der Waals surface area contributed by atoms with Crippen LogP contribution in [0.3, 0.4) is 0 Å². The normalized spacial score (nSPS) is 10.5. The fourth-order valence-electron chi connectivity index (χ4n) is 2.97. The van der Waals surface area contributed by atoms with E-state index in [-0.39, 0.29) is 24.8 Å². The lowest BCUT2D eigenvalue weighted by Crippen LogP contribution is -3.00. The number of hydrogen-bond donors (Lipinski definition) is 1. The van der Waals surface area contributed by atoms with E-state index in [0.29, 0.717) is 12.1 Å². The van der Waals surface area contributed by atoms with E-state index in [1.165, 1.54) is 6.07 Å². The predicted molar refractivity (Wildman–Crippen MR) is 119 cm³/mol. The van der Waals surface area contributed by atoms with Crippen molar-refractivity contribution in [2.45, 2.75) is 18.3 Å². The van der Waals surface area contributed by atoms with Gasteiger partial charge in [0, 0.05) is 24.4 Å². The van der Waals surface area contributed by atoms with Crippen molar-refractivity contribution in [1.82, 2.24) is 25.5 Å². The smallest absolute Gasteiger partial charge is 0.214 e. The summed E-state index contributed by atoms with van der Waals surface area (Å²) < 4.78 is 21.2. The lowest BCUT2D eigenvalue weighted by Gasteiger charge is -2.10. The molecule has 1 aromatic heterocycles. The summed E-state index contributed by atoms with van der Waals surface area (Å²) in [6.07, 6.45) is 0. The molecule has 0 fully saturated rings. The maximum absolute atomic E-state index is 13.7. The van der Waals surface area contributed by atoms with Crippen LogP contribution < -0.4 is 22.5 Å². The average molecular weight is 471 g/mol. The van der Waals surface area contributed by atoms with Crippen LogP contribution in [0.25, 0.3) is 5.69 Å². The third-order valence-corrected chi connectivity index (χ3v) is 5.45. The maximum atomic E-state index is 13.7. The molecule has 0 spiro atoms. The summed E-state index contributed by atoms with van der Waals surface area (Å²) in [5.74, 6) is 1.30. The molecule has 0 aliphatic heterocycles. The number of thioether (sulfide) groups is 1. The number of aromatic nitrogens is 4. The molecule has 4 aromatic rings. The zero-order chi connectivity index (χ0) is 21.3. The molecule has 0 unspecified atom stereocenters. The van der Waals surface area contributed by atoms with Crippen LogP contribution >= 0.6 is 11.8 Å². The minimum absolute atomic E-state index is 0. The standard InChI is InChI=1S/C23H22FN5OS.ClH/c24-22-12-5-4-8-19(22)17-30-21-11-6-7-18(15-21)16-25-13-14-31-23-26-27-28-29(23)20-9-2-1-3-10-20;/h1-12,15,25H,13-14,16-17H2;1H/p-1. The second kappa shape index (κ2) is 12.2. The highest BCUT2D eigenvalue weighted by Crippen LogP contribution is 2.18. The number of rotatable bonds is 10. The Morgan fingerprint density at radius 3 is 2.62 bits per heavy atom. The molecule has 6 nitrogen and oxygen atoms in total. The molecule has 3 aromatic carbocycles. The van der Waals surface area contributed by atoms with Crippen molar-refractivity contribution in [3.63, 3.8) is 0 Å². The van der Waals surface area contributed by atoms with Crippen LogP contribution in [-0.4, -0.2) is 32.5 Å². The Balaban J connectivity index is 0.00000289. The summed E-state index contributed by atoms with van der Waals surface area (Å²) in [6.45, 7) is 1.71. The molecular weight excluding hydrogens is 449 g/mol. The SMILES string of the molecule is Fc1ccccc1COc1cccc(CNCCSc2nnnn2-c2ccccc2)c1.[Cl-]. The molecule has 0 atom stereocenters. The number of nitrogens with one attached hydrogen (secondary N) is 1. The summed E-state index contributed by atoms with van der Waals surface area (Å²) in [7, 11) is 0. The van der Waals surface area contributed by atoms with Crippen molar-refractivity contribution in [1.29, 1.82) is 0 Å². The van der Waals surface area contributed by atoms with Crippen LogP contribution in [-0.2, 0) is 13.2 Å². The quantitative estimate of drug-likeness (QED) is 0.278. The number of halogens is 2. The summed E-state index contributed by atoms with van der Waals surface area (Å²) in [4.78, 5) is 0. The van der Waals surface area contributed by atoms with Crippen molar-refractivity contribution in [2.24, 2.45) is 0 Å². The Hall–Kier alpha value is -2.94. The van der Waals surface area contributed by atoms with Gasteiger partial charge in [-0.1, -0.05) is 60.3 Å². The number of tetrazole rings is 1. The van der Waals surface area contributed by atoms with Gasteiger partial charge in [0.15, 0.2) is 0 Å². The molecule has 0 saturated carbocycles. The number of benzene rings is 3. The molecule has 0 radical (unpaired) electrons. The molecule has 1 heterocycles. The summed E-state index contributed by atoms with van der Waals surface area (Å²) in [5, 5.41) is 16.1. The molecular formula is C23H22ClFN5OS-. The highest BCUT2D eigenvalue weighted by atomic mass is 35.5. The third kappa shape index (κ3) is 6.53. The zero-order valence-corrected chi connectivity index (χ0v) is 18.8. The Kier molecular flexibility index (Phi) is 9.03. The second-order valence-corrected chi connectivity index (χ2v) is 7.82. The second-order valence-electron chi connectivity index (χ2n) is 6.76. The average Bonchev–Trinajstić information content (AvgIpc) is 3.28. The van der Waals surface area contributed by atoms with E-state index in [9.17, 15) is 4.39 Å². The van der Waals surface area contributed by atoms with Crippen molar-refractivity contribution in [2.75, 3.05) is 12.3 Å².